The van der Waals surface area contributed by atoms with Crippen LogP contribution in [0.2, 0.25) is 0 Å². The summed E-state index contributed by atoms with van der Waals surface area (Å²) in [5.41, 5.74) is 1.76. The molecule has 0 radical (unpaired) electrons. The van der Waals surface area contributed by atoms with Crippen LogP contribution in [0.25, 0.3) is 0 Å². The number of oxime groups is 1. The zero-order chi connectivity index (χ0) is 42.3. The van der Waals surface area contributed by atoms with Crippen LogP contribution in [0.1, 0.15) is 94.9 Å². The van der Waals surface area contributed by atoms with E-state index < -0.39 is 108 Å². The van der Waals surface area contributed by atoms with E-state index in [-0.39, 0.29) is 44.5 Å². The van der Waals surface area contributed by atoms with Gasteiger partial charge in [0.2, 0.25) is 6.79 Å². The maximum atomic E-state index is 14.2. The molecule has 3 rings (SSSR count). The van der Waals surface area contributed by atoms with Crippen molar-refractivity contribution in [3.63, 3.8) is 0 Å². The van der Waals surface area contributed by atoms with E-state index in [2.05, 4.69) is 5.16 Å². The third-order valence-corrected chi connectivity index (χ3v) is 12.0. The fraction of sp³-hybridized carbons (Fsp3) is 0.949. The molecule has 7 N–H and O–H groups in total. The molecule has 328 valence electrons. The van der Waals surface area contributed by atoms with Gasteiger partial charge in [-0.1, -0.05) is 32.9 Å². The molecule has 0 aliphatic carbocycles. The van der Waals surface area contributed by atoms with Gasteiger partial charge in [0.1, 0.15) is 23.9 Å². The highest BCUT2D eigenvalue weighted by Gasteiger charge is 2.53. The molecule has 17 nitrogen and oxygen atoms in total. The minimum atomic E-state index is -1.97. The van der Waals surface area contributed by atoms with Crippen molar-refractivity contribution in [3.05, 3.63) is 0 Å². The maximum absolute atomic E-state index is 14.2. The van der Waals surface area contributed by atoms with Gasteiger partial charge in [-0.15, -0.1) is 0 Å². The van der Waals surface area contributed by atoms with Crippen LogP contribution in [0.15, 0.2) is 5.16 Å². The van der Waals surface area contributed by atoms with Crippen LogP contribution in [0.4, 0.5) is 0 Å². The number of ether oxygens (including phenoxy) is 8. The summed E-state index contributed by atoms with van der Waals surface area (Å²) >= 11 is 0. The van der Waals surface area contributed by atoms with E-state index in [0.717, 1.165) is 0 Å². The molecule has 0 aromatic heterocycles. The average Bonchev–Trinajstić information content (AvgIpc) is 3.13. The van der Waals surface area contributed by atoms with Crippen molar-refractivity contribution in [2.75, 3.05) is 34.2 Å². The molecule has 17 heteroatoms. The van der Waals surface area contributed by atoms with Crippen LogP contribution < -0.4 is 5.73 Å². The first-order valence-electron chi connectivity index (χ1n) is 19.9. The normalized spacial score (nSPS) is 46.9. The predicted molar refractivity (Wildman–Crippen MR) is 203 cm³/mol. The summed E-state index contributed by atoms with van der Waals surface area (Å²) in [6.45, 7) is 17.0. The first kappa shape index (κ1) is 48.8. The number of aliphatic hydroxyl groups is 5. The largest absolute Gasteiger partial charge is 0.459 e. The Morgan fingerprint density at radius 3 is 2.18 bits per heavy atom. The third kappa shape index (κ3) is 11.6. The van der Waals surface area contributed by atoms with Gasteiger partial charge in [-0.05, 0) is 60.8 Å². The Labute approximate surface area is 332 Å². The SMILES string of the molecule is CC[C@H]1OC(=O)[C@H](C)[C@@H](O[C@H]2C[C@@](C)(OC)[C@@H](O)[C@H](C)O2)[C@H](C)[C@@H](O[C@@H]2O[C@H](C)C[C@H](N)[C@H]2O)[C@](C)(O)C[C@@H](C)/C(=N\OCOCCOC)[C@H](C)[C@@H](O)[C@]1(C)O. The number of cyclic esters (lactones) is 1. The average molecular weight is 809 g/mol. The lowest BCUT2D eigenvalue weighted by Crippen LogP contribution is -2.61. The molecule has 3 aliphatic heterocycles. The van der Waals surface area contributed by atoms with E-state index in [1.165, 1.54) is 21.1 Å². The van der Waals surface area contributed by atoms with E-state index in [1.807, 2.05) is 0 Å². The van der Waals surface area contributed by atoms with Gasteiger partial charge in [0.05, 0.1) is 66.6 Å². The van der Waals surface area contributed by atoms with E-state index in [1.54, 1.807) is 62.3 Å². The molecule has 0 unspecified atom stereocenters. The van der Waals surface area contributed by atoms with Crippen molar-refractivity contribution in [3.8, 4) is 0 Å². The molecule has 3 fully saturated rings. The smallest absolute Gasteiger partial charge is 0.311 e. The third-order valence-electron chi connectivity index (χ3n) is 12.0. The molecule has 0 aromatic carbocycles. The molecule has 0 amide bonds. The topological polar surface area (TPSA) is 240 Å². The Hall–Kier alpha value is -1.58. The van der Waals surface area contributed by atoms with Gasteiger partial charge >= 0.3 is 5.97 Å². The fourth-order valence-corrected chi connectivity index (χ4v) is 8.48. The van der Waals surface area contributed by atoms with Gasteiger partial charge in [-0.25, -0.2) is 0 Å². The number of nitrogens with zero attached hydrogens (tertiary/aromatic N) is 1. The summed E-state index contributed by atoms with van der Waals surface area (Å²) in [6.07, 6.45) is -10.0. The number of aliphatic hydroxyl groups excluding tert-OH is 3. The summed E-state index contributed by atoms with van der Waals surface area (Å²) < 4.78 is 47.6. The molecule has 3 saturated heterocycles. The molecular formula is C39H72N2O15. The van der Waals surface area contributed by atoms with Gasteiger partial charge in [0, 0.05) is 44.4 Å². The number of hydrogen-bond donors (Lipinski definition) is 6. The lowest BCUT2D eigenvalue weighted by atomic mass is 9.73. The van der Waals surface area contributed by atoms with Crippen LogP contribution in [0.5, 0.6) is 0 Å². The Morgan fingerprint density at radius 1 is 0.911 bits per heavy atom. The van der Waals surface area contributed by atoms with Crippen molar-refractivity contribution in [2.24, 2.45) is 34.6 Å². The van der Waals surface area contributed by atoms with Gasteiger partial charge < -0.3 is 74.0 Å². The summed E-state index contributed by atoms with van der Waals surface area (Å²) in [4.78, 5) is 19.8. The van der Waals surface area contributed by atoms with Crippen molar-refractivity contribution < 1.29 is 73.1 Å². The van der Waals surface area contributed by atoms with Crippen LogP contribution in [0.3, 0.4) is 0 Å². The predicted octanol–water partition coefficient (Wildman–Crippen LogP) is 1.61. The second-order valence-electron chi connectivity index (χ2n) is 16.9. The second kappa shape index (κ2) is 20.6. The van der Waals surface area contributed by atoms with Crippen molar-refractivity contribution in [2.45, 2.75) is 179 Å². The van der Waals surface area contributed by atoms with Gasteiger partial charge in [-0.2, -0.15) is 0 Å². The highest BCUT2D eigenvalue weighted by atomic mass is 16.7. The Kier molecular flexibility index (Phi) is 17.9. The second-order valence-corrected chi connectivity index (χ2v) is 16.9. The zero-order valence-corrected chi connectivity index (χ0v) is 35.5. The Bertz CT molecular complexity index is 1260. The maximum Gasteiger partial charge on any atom is 0.311 e. The van der Waals surface area contributed by atoms with Crippen molar-refractivity contribution in [1.29, 1.82) is 0 Å². The summed E-state index contributed by atoms with van der Waals surface area (Å²) in [7, 11) is 3.02. The van der Waals surface area contributed by atoms with Crippen molar-refractivity contribution >= 4 is 11.7 Å². The van der Waals surface area contributed by atoms with Crippen LogP contribution in [-0.2, 0) is 47.5 Å². The molecule has 3 aliphatic rings. The lowest BCUT2D eigenvalue weighted by Gasteiger charge is -2.48. The highest BCUT2D eigenvalue weighted by molar-refractivity contribution is 5.88. The van der Waals surface area contributed by atoms with E-state index in [0.29, 0.717) is 13.0 Å². The van der Waals surface area contributed by atoms with Gasteiger partial charge in [0.15, 0.2) is 12.6 Å². The minimum Gasteiger partial charge on any atom is -0.459 e. The molecule has 0 spiro atoms. The highest BCUT2D eigenvalue weighted by Crippen LogP contribution is 2.40. The molecule has 0 aromatic rings. The van der Waals surface area contributed by atoms with Crippen LogP contribution in [0, 0.1) is 23.7 Å². The zero-order valence-electron chi connectivity index (χ0n) is 35.5. The number of carbonyl (C=O) groups is 1. The first-order valence-corrected chi connectivity index (χ1v) is 19.9. The molecule has 0 bridgehead atoms. The first-order chi connectivity index (χ1) is 26.1. The van der Waals surface area contributed by atoms with Crippen LogP contribution in [-0.4, -0.2) is 156 Å². The number of carbonyl (C=O) groups excluding carboxylic acids is 1. The van der Waals surface area contributed by atoms with E-state index in [4.69, 9.17) is 48.5 Å². The van der Waals surface area contributed by atoms with E-state index in [9.17, 15) is 30.3 Å². The van der Waals surface area contributed by atoms with E-state index >= 15 is 0 Å². The number of esters is 1. The summed E-state index contributed by atoms with van der Waals surface area (Å²) in [5, 5.41) is 62.8. The Balaban J connectivity index is 2.20. The van der Waals surface area contributed by atoms with Crippen LogP contribution >= 0.6 is 0 Å². The summed E-state index contributed by atoms with van der Waals surface area (Å²) in [5.74, 6) is -4.20. The fourth-order valence-electron chi connectivity index (χ4n) is 8.48. The quantitative estimate of drug-likeness (QED) is 0.0711. The molecule has 56 heavy (non-hydrogen) atoms. The Morgan fingerprint density at radius 2 is 1.57 bits per heavy atom. The molecular weight excluding hydrogens is 736 g/mol. The number of rotatable bonds is 12. The lowest BCUT2D eigenvalue weighted by molar-refractivity contribution is -0.315. The van der Waals surface area contributed by atoms with Gasteiger partial charge in [-0.3, -0.25) is 4.79 Å². The number of methoxy groups -OCH3 is 2. The summed E-state index contributed by atoms with van der Waals surface area (Å²) in [6, 6.07) is -0.680. The van der Waals surface area contributed by atoms with Gasteiger partial charge in [0.25, 0.3) is 0 Å². The monoisotopic (exact) mass is 808 g/mol. The van der Waals surface area contributed by atoms with Crippen molar-refractivity contribution in [1.82, 2.24) is 0 Å². The molecule has 18 atom stereocenters. The number of hydrogen-bond acceptors (Lipinski definition) is 17. The standard InChI is InChI=1S/C39H72N2O15/c1-13-27-39(10,47)32(43)22(4)29(41-51-19-50-15-14-48-11)20(2)17-37(8,46)34(56-36-30(42)26(40)16-21(3)52-36)23(5)31(24(6)35(45)54-27)55-28-18-38(9,49-12)33(44)25(7)53-28/h20-28,30-34,36,42-44,46-47H,13-19,40H2,1-12H3/b41-29+/t20-,21-,22+,23+,24-,25+,26+,27-,28+,30-,31+,32-,33+,34-,36+,37-,38-,39-/m1/s1. The number of nitrogens with two attached hydrogens (primary N) is 1. The minimum absolute atomic E-state index is 0.0496. The molecule has 3 heterocycles. The molecule has 0 saturated carbocycles.